The Balaban J connectivity index is -0.000000252. The molecule has 22 heavy (non-hydrogen) atoms. The first-order valence-corrected chi connectivity index (χ1v) is 5.22. The van der Waals surface area contributed by atoms with Gasteiger partial charge in [0.25, 0.3) is 5.78 Å². The fourth-order valence-electron chi connectivity index (χ4n) is 0.374. The van der Waals surface area contributed by atoms with Crippen LogP contribution in [0.15, 0.2) is 24.8 Å². The molecule has 0 aromatic heterocycles. The summed E-state index contributed by atoms with van der Waals surface area (Å²) >= 11 is 0. The molecule has 0 rings (SSSR count). The summed E-state index contributed by atoms with van der Waals surface area (Å²) in [5.74, 6) is -5.63. The van der Waals surface area contributed by atoms with E-state index in [2.05, 4.69) is 22.8 Å². The minimum absolute atomic E-state index is 0.183. The average molecular weight is 320 g/mol. The van der Waals surface area contributed by atoms with Crippen LogP contribution in [0.3, 0.4) is 0 Å². The van der Waals surface area contributed by atoms with Crippen LogP contribution in [0, 0.1) is 0 Å². The highest BCUT2D eigenvalue weighted by Gasteiger charge is 2.14. The Morgan fingerprint density at radius 1 is 1.14 bits per heavy atom. The molecule has 0 aliphatic rings. The van der Waals surface area contributed by atoms with E-state index in [1.807, 2.05) is 0 Å². The van der Waals surface area contributed by atoms with E-state index in [4.69, 9.17) is 15.5 Å². The Morgan fingerprint density at radius 3 is 1.64 bits per heavy atom. The van der Waals surface area contributed by atoms with Crippen LogP contribution in [0.4, 0.5) is 0 Å². The normalized spacial score (nSPS) is 7.77. The maximum atomic E-state index is 9.97. The van der Waals surface area contributed by atoms with E-state index in [1.165, 1.54) is 14.0 Å². The van der Waals surface area contributed by atoms with Gasteiger partial charge in [-0.3, -0.25) is 14.5 Å². The van der Waals surface area contributed by atoms with Crippen molar-refractivity contribution in [2.75, 3.05) is 7.11 Å². The van der Waals surface area contributed by atoms with Crippen molar-refractivity contribution in [3.63, 3.8) is 0 Å². The molecule has 0 heterocycles. The van der Waals surface area contributed by atoms with Gasteiger partial charge in [-0.25, -0.2) is 14.4 Å². The van der Waals surface area contributed by atoms with Crippen LogP contribution in [0.2, 0.25) is 0 Å². The van der Waals surface area contributed by atoms with Crippen LogP contribution >= 0.6 is 0 Å². The van der Waals surface area contributed by atoms with Crippen LogP contribution in [0.5, 0.6) is 0 Å². The zero-order valence-corrected chi connectivity index (χ0v) is 11.9. The van der Waals surface area contributed by atoms with Gasteiger partial charge in [0.1, 0.15) is 6.42 Å². The summed E-state index contributed by atoms with van der Waals surface area (Å²) in [6.07, 6.45) is 0.162. The van der Waals surface area contributed by atoms with Crippen molar-refractivity contribution in [2.24, 2.45) is 0 Å². The van der Waals surface area contributed by atoms with Gasteiger partial charge in [-0.05, 0) is 6.92 Å². The first kappa shape index (κ1) is 24.0. The quantitative estimate of drug-likeness (QED) is 0.157. The second kappa shape index (κ2) is 14.4. The van der Waals surface area contributed by atoms with Crippen molar-refractivity contribution >= 4 is 29.7 Å². The van der Waals surface area contributed by atoms with Gasteiger partial charge in [0, 0.05) is 11.6 Å². The molecule has 0 bridgehead atoms. The number of rotatable bonds is 5. The standard InChI is InChI=1S/C4H4O5.C4H6O3.C4H6O2/c5-2(4(8)9)1-3(6)7;1-3(2)4(5)7-6;1-3-4(5)6-2/h1H2,(H,6,7)(H,8,9);6H,1H2,2H3;3H,1H2,2H3. The van der Waals surface area contributed by atoms with Crippen LogP contribution in [0.1, 0.15) is 13.3 Å². The van der Waals surface area contributed by atoms with Crippen molar-refractivity contribution in [1.82, 2.24) is 0 Å². The van der Waals surface area contributed by atoms with Gasteiger partial charge < -0.3 is 14.9 Å². The van der Waals surface area contributed by atoms with Gasteiger partial charge in [0.15, 0.2) is 0 Å². The summed E-state index contributed by atoms with van der Waals surface area (Å²) in [6, 6.07) is 0. The molecule has 0 aromatic rings. The number of aliphatic carboxylic acids is 2. The number of methoxy groups -OCH3 is 1. The third-order valence-corrected chi connectivity index (χ3v) is 1.35. The number of hydrogen-bond acceptors (Lipinski definition) is 8. The highest BCUT2D eigenvalue weighted by atomic mass is 17.1. The van der Waals surface area contributed by atoms with E-state index in [0.29, 0.717) is 0 Å². The predicted octanol–water partition coefficient (Wildman–Crippen LogP) is 0.0389. The molecule has 0 unspecified atom stereocenters. The number of Topliss-reactive ketones (excluding diaryl/α,β-unsaturated/α-hetero) is 1. The van der Waals surface area contributed by atoms with Crippen LogP contribution < -0.4 is 0 Å². The summed E-state index contributed by atoms with van der Waals surface area (Å²) < 4.78 is 4.14. The maximum absolute atomic E-state index is 9.97. The van der Waals surface area contributed by atoms with Crippen molar-refractivity contribution in [3.8, 4) is 0 Å². The van der Waals surface area contributed by atoms with Gasteiger partial charge in [-0.2, -0.15) is 5.26 Å². The van der Waals surface area contributed by atoms with Crippen molar-refractivity contribution in [2.45, 2.75) is 13.3 Å². The number of ether oxygens (including phenoxy) is 1. The second-order valence-electron chi connectivity index (χ2n) is 3.19. The Morgan fingerprint density at radius 2 is 1.59 bits per heavy atom. The van der Waals surface area contributed by atoms with E-state index in [0.717, 1.165) is 6.08 Å². The van der Waals surface area contributed by atoms with Gasteiger partial charge in [-0.15, -0.1) is 0 Å². The summed E-state index contributed by atoms with van der Waals surface area (Å²) in [5.41, 5.74) is 0.183. The third kappa shape index (κ3) is 19.3. The SMILES string of the molecule is C=C(C)C(=O)OO.C=CC(=O)OC.O=C(O)CC(=O)C(=O)O. The zero-order valence-electron chi connectivity index (χ0n) is 11.9. The summed E-state index contributed by atoms with van der Waals surface area (Å²) in [7, 11) is 1.31. The molecule has 0 saturated heterocycles. The molecule has 10 heteroatoms. The van der Waals surface area contributed by atoms with Crippen molar-refractivity contribution in [1.29, 1.82) is 0 Å². The lowest BCUT2D eigenvalue weighted by Gasteiger charge is -1.88. The molecule has 0 saturated carbocycles. The molecule has 0 amide bonds. The Kier molecular flexibility index (Phi) is 15.7. The number of esters is 1. The summed E-state index contributed by atoms with van der Waals surface area (Å²) in [5, 5.41) is 23.3. The van der Waals surface area contributed by atoms with E-state index >= 15 is 0 Å². The molecule has 0 spiro atoms. The van der Waals surface area contributed by atoms with Gasteiger partial charge in [-0.1, -0.05) is 13.2 Å². The van der Waals surface area contributed by atoms with Crippen LogP contribution in [0.25, 0.3) is 0 Å². The van der Waals surface area contributed by atoms with Gasteiger partial charge >= 0.3 is 23.9 Å². The monoisotopic (exact) mass is 320 g/mol. The molecule has 0 aromatic carbocycles. The number of carbonyl (C=O) groups is 5. The molecule has 0 atom stereocenters. The number of carboxylic acids is 2. The topological polar surface area (TPSA) is 164 Å². The Bertz CT molecular complexity index is 449. The van der Waals surface area contributed by atoms with Crippen LogP contribution in [-0.4, -0.2) is 52.2 Å². The lowest BCUT2D eigenvalue weighted by Crippen LogP contribution is -2.16. The summed E-state index contributed by atoms with van der Waals surface area (Å²) in [6.45, 7) is 7.79. The molecular formula is C12H16O10. The average Bonchev–Trinajstić information content (AvgIpc) is 2.45. The number of hydrogen-bond donors (Lipinski definition) is 3. The van der Waals surface area contributed by atoms with Crippen molar-refractivity contribution < 1.29 is 49.1 Å². The minimum atomic E-state index is -1.71. The largest absolute Gasteiger partial charge is 0.481 e. The van der Waals surface area contributed by atoms with Gasteiger partial charge in [0.2, 0.25) is 0 Å². The molecule has 0 aliphatic heterocycles. The zero-order chi connectivity index (χ0) is 18.3. The Labute approximate surface area is 125 Å². The number of ketones is 1. The van der Waals surface area contributed by atoms with E-state index in [1.54, 1.807) is 0 Å². The third-order valence-electron chi connectivity index (χ3n) is 1.35. The van der Waals surface area contributed by atoms with Gasteiger partial charge in [0.05, 0.1) is 7.11 Å². The number of carbonyl (C=O) groups excluding carboxylic acids is 3. The molecule has 0 radical (unpaired) electrons. The van der Waals surface area contributed by atoms with Crippen LogP contribution in [-0.2, 0) is 33.6 Å². The van der Waals surface area contributed by atoms with Crippen molar-refractivity contribution in [3.05, 3.63) is 24.8 Å². The molecule has 10 nitrogen and oxygen atoms in total. The second-order valence-corrected chi connectivity index (χ2v) is 3.19. The lowest BCUT2D eigenvalue weighted by atomic mass is 10.3. The molecule has 0 fully saturated rings. The van der Waals surface area contributed by atoms with E-state index in [9.17, 15) is 24.0 Å². The fourth-order valence-corrected chi connectivity index (χ4v) is 0.374. The smallest absolute Gasteiger partial charge is 0.372 e. The molecule has 3 N–H and O–H groups in total. The Hall–Kier alpha value is -3.01. The molecular weight excluding hydrogens is 304 g/mol. The highest BCUT2D eigenvalue weighted by molar-refractivity contribution is 6.35. The molecule has 124 valence electrons. The maximum Gasteiger partial charge on any atom is 0.372 e. The number of carboxylic acid groups (broad SMARTS) is 2. The van der Waals surface area contributed by atoms with E-state index < -0.39 is 36.1 Å². The first-order chi connectivity index (χ1) is 10.0. The summed E-state index contributed by atoms with van der Waals surface area (Å²) in [4.78, 5) is 52.3. The lowest BCUT2D eigenvalue weighted by molar-refractivity contribution is -0.229. The minimum Gasteiger partial charge on any atom is -0.481 e. The highest BCUT2D eigenvalue weighted by Crippen LogP contribution is 1.86. The molecule has 0 aliphatic carbocycles. The predicted molar refractivity (Wildman–Crippen MR) is 70.6 cm³/mol. The van der Waals surface area contributed by atoms with E-state index in [-0.39, 0.29) is 5.57 Å². The fraction of sp³-hybridized carbons (Fsp3) is 0.250. The first-order valence-electron chi connectivity index (χ1n) is 5.22.